The quantitative estimate of drug-likeness (QED) is 0.531. The van der Waals surface area contributed by atoms with E-state index in [4.69, 9.17) is 0 Å². The number of hydrogen-bond acceptors (Lipinski definition) is 4. The van der Waals surface area contributed by atoms with Gasteiger partial charge in [-0.2, -0.15) is 5.10 Å². The van der Waals surface area contributed by atoms with Crippen LogP contribution in [0.15, 0.2) is 47.3 Å². The van der Waals surface area contributed by atoms with Gasteiger partial charge in [0.15, 0.2) is 5.69 Å². The van der Waals surface area contributed by atoms with Gasteiger partial charge in [-0.1, -0.05) is 38.0 Å². The topological polar surface area (TPSA) is 67.2 Å². The summed E-state index contributed by atoms with van der Waals surface area (Å²) in [4.78, 5) is 28.4. The molecule has 0 aliphatic carbocycles. The van der Waals surface area contributed by atoms with Crippen molar-refractivity contribution in [2.24, 2.45) is 0 Å². The number of piperidine rings is 1. The summed E-state index contributed by atoms with van der Waals surface area (Å²) in [5, 5.41) is 8.25. The zero-order chi connectivity index (χ0) is 22.5. The van der Waals surface area contributed by atoms with Crippen LogP contribution < -0.4 is 15.8 Å². The number of nitrogens with zero attached hydrogens (tertiary/aromatic N) is 3. The Bertz CT molecular complexity index is 1170. The molecule has 2 aromatic carbocycles. The average molecular weight is 437 g/mol. The molecule has 1 amide bonds. The van der Waals surface area contributed by atoms with Gasteiger partial charge in [0.2, 0.25) is 0 Å². The fourth-order valence-corrected chi connectivity index (χ4v) is 4.27. The minimum Gasteiger partial charge on any atom is -0.370 e. The van der Waals surface area contributed by atoms with E-state index in [1.165, 1.54) is 23.2 Å². The number of aryl methyl sites for hydroxylation is 1. The van der Waals surface area contributed by atoms with Gasteiger partial charge < -0.3 is 10.2 Å². The maximum absolute atomic E-state index is 14.1. The molecule has 7 heteroatoms. The lowest BCUT2D eigenvalue weighted by atomic mass is 10.1. The van der Waals surface area contributed by atoms with Crippen LogP contribution in [0.1, 0.15) is 55.9 Å². The van der Waals surface area contributed by atoms with Gasteiger partial charge in [-0.3, -0.25) is 9.59 Å². The monoisotopic (exact) mass is 436 g/mol. The summed E-state index contributed by atoms with van der Waals surface area (Å²) in [6.45, 7) is 4.29. The van der Waals surface area contributed by atoms with E-state index in [-0.39, 0.29) is 11.3 Å². The predicted octanol–water partition coefficient (Wildman–Crippen LogP) is 4.97. The molecule has 1 aliphatic heterocycles. The highest BCUT2D eigenvalue weighted by Crippen LogP contribution is 2.30. The fraction of sp³-hybridized carbons (Fsp3) is 0.400. The third kappa shape index (κ3) is 4.66. The highest BCUT2D eigenvalue weighted by molar-refractivity contribution is 6.12. The van der Waals surface area contributed by atoms with E-state index in [0.717, 1.165) is 50.9 Å². The first-order valence-electron chi connectivity index (χ1n) is 11.4. The van der Waals surface area contributed by atoms with E-state index in [1.54, 1.807) is 30.3 Å². The van der Waals surface area contributed by atoms with Crippen molar-refractivity contribution in [2.45, 2.75) is 52.0 Å². The molecule has 0 bridgehead atoms. The number of nitrogens with one attached hydrogen (secondary N) is 1. The van der Waals surface area contributed by atoms with Crippen molar-refractivity contribution >= 4 is 28.1 Å². The molecular formula is C25H29FN4O2. The van der Waals surface area contributed by atoms with E-state index in [9.17, 15) is 14.0 Å². The summed E-state index contributed by atoms with van der Waals surface area (Å²) < 4.78 is 15.5. The van der Waals surface area contributed by atoms with Gasteiger partial charge in [-0.15, -0.1) is 0 Å². The van der Waals surface area contributed by atoms with Gasteiger partial charge >= 0.3 is 0 Å². The Morgan fingerprint density at radius 1 is 1.06 bits per heavy atom. The minimum absolute atomic E-state index is 0.172. The molecular weight excluding hydrogens is 407 g/mol. The highest BCUT2D eigenvalue weighted by Gasteiger charge is 2.20. The largest absolute Gasteiger partial charge is 0.370 e. The molecule has 0 unspecified atom stereocenters. The molecule has 1 fully saturated rings. The van der Waals surface area contributed by atoms with E-state index < -0.39 is 11.7 Å². The number of amides is 1. The number of fused-ring (bicyclic) bond motifs is 1. The number of benzene rings is 2. The van der Waals surface area contributed by atoms with Gasteiger partial charge in [0, 0.05) is 25.0 Å². The maximum Gasteiger partial charge on any atom is 0.276 e. The van der Waals surface area contributed by atoms with Crippen molar-refractivity contribution in [3.8, 4) is 0 Å². The number of halogens is 1. The van der Waals surface area contributed by atoms with Crippen LogP contribution in [0.25, 0.3) is 10.8 Å². The van der Waals surface area contributed by atoms with Crippen LogP contribution in [0.2, 0.25) is 0 Å². The van der Waals surface area contributed by atoms with Crippen LogP contribution >= 0.6 is 0 Å². The van der Waals surface area contributed by atoms with Gasteiger partial charge in [-0.25, -0.2) is 9.07 Å². The summed E-state index contributed by atoms with van der Waals surface area (Å²) in [5.74, 6) is -0.863. The van der Waals surface area contributed by atoms with Crippen LogP contribution in [0.4, 0.5) is 15.8 Å². The van der Waals surface area contributed by atoms with Crippen LogP contribution in [-0.2, 0) is 6.54 Å². The number of hydrogen-bond donors (Lipinski definition) is 1. The molecule has 1 N–H and O–H groups in total. The van der Waals surface area contributed by atoms with Crippen molar-refractivity contribution in [1.29, 1.82) is 0 Å². The SMILES string of the molecule is CCCCCn1nc(C(=O)Nc2cc(F)ccc2N2CCCCC2)c2ccccc2c1=O. The first kappa shape index (κ1) is 22.0. The number of carbonyl (C=O) groups is 1. The normalized spacial score (nSPS) is 14.0. The molecule has 1 aliphatic rings. The van der Waals surface area contributed by atoms with E-state index in [1.807, 2.05) is 0 Å². The van der Waals surface area contributed by atoms with Crippen LogP contribution in [0, 0.1) is 5.82 Å². The fourth-order valence-electron chi connectivity index (χ4n) is 4.27. The molecule has 32 heavy (non-hydrogen) atoms. The molecule has 1 saturated heterocycles. The first-order valence-corrected chi connectivity index (χ1v) is 11.4. The molecule has 168 valence electrons. The summed E-state index contributed by atoms with van der Waals surface area (Å²) in [7, 11) is 0. The number of anilines is 2. The second-order valence-electron chi connectivity index (χ2n) is 8.29. The summed E-state index contributed by atoms with van der Waals surface area (Å²) in [6.07, 6.45) is 6.12. The predicted molar refractivity (Wildman–Crippen MR) is 126 cm³/mol. The molecule has 0 saturated carbocycles. The number of aromatic nitrogens is 2. The van der Waals surface area contributed by atoms with Gasteiger partial charge in [-0.05, 0) is 49.9 Å². The molecule has 0 spiro atoms. The number of rotatable bonds is 7. The second kappa shape index (κ2) is 9.94. The standard InChI is InChI=1S/C25H29FN4O2/c1-2-3-7-16-30-25(32)20-11-6-5-10-19(20)23(28-30)24(31)27-21-17-18(26)12-13-22(21)29-14-8-4-9-15-29/h5-6,10-13,17H,2-4,7-9,14-16H2,1H3,(H,27,31). The lowest BCUT2D eigenvalue weighted by Gasteiger charge is -2.30. The van der Waals surface area contributed by atoms with Crippen LogP contribution in [0.5, 0.6) is 0 Å². The van der Waals surface area contributed by atoms with Crippen molar-refractivity contribution in [2.75, 3.05) is 23.3 Å². The smallest absolute Gasteiger partial charge is 0.276 e. The Morgan fingerprint density at radius 2 is 1.81 bits per heavy atom. The van der Waals surface area contributed by atoms with Gasteiger partial charge in [0.25, 0.3) is 11.5 Å². The summed E-state index contributed by atoms with van der Waals surface area (Å²) in [5.41, 5.74) is 1.20. The molecule has 2 heterocycles. The van der Waals surface area contributed by atoms with Crippen molar-refractivity contribution in [3.63, 3.8) is 0 Å². The lowest BCUT2D eigenvalue weighted by Crippen LogP contribution is -2.31. The molecule has 1 aromatic heterocycles. The van der Waals surface area contributed by atoms with E-state index in [0.29, 0.717) is 23.0 Å². The minimum atomic E-state index is -0.450. The summed E-state index contributed by atoms with van der Waals surface area (Å²) in [6, 6.07) is 11.5. The summed E-state index contributed by atoms with van der Waals surface area (Å²) >= 11 is 0. The van der Waals surface area contributed by atoms with Crippen LogP contribution in [-0.4, -0.2) is 28.8 Å². The molecule has 4 rings (SSSR count). The molecule has 3 aromatic rings. The van der Waals surface area contributed by atoms with E-state index >= 15 is 0 Å². The van der Waals surface area contributed by atoms with Gasteiger partial charge in [0.1, 0.15) is 5.82 Å². The highest BCUT2D eigenvalue weighted by atomic mass is 19.1. The maximum atomic E-state index is 14.1. The Labute approximate surface area is 187 Å². The Hall–Kier alpha value is -3.22. The zero-order valence-corrected chi connectivity index (χ0v) is 18.4. The third-order valence-electron chi connectivity index (χ3n) is 5.96. The third-order valence-corrected chi connectivity index (χ3v) is 5.96. The van der Waals surface area contributed by atoms with Crippen molar-refractivity contribution < 1.29 is 9.18 Å². The van der Waals surface area contributed by atoms with E-state index in [2.05, 4.69) is 22.2 Å². The first-order chi connectivity index (χ1) is 15.6. The molecule has 0 atom stereocenters. The Morgan fingerprint density at radius 3 is 2.56 bits per heavy atom. The Kier molecular flexibility index (Phi) is 6.83. The zero-order valence-electron chi connectivity index (χ0n) is 18.4. The van der Waals surface area contributed by atoms with Crippen molar-refractivity contribution in [3.05, 3.63) is 64.3 Å². The van der Waals surface area contributed by atoms with Crippen molar-refractivity contribution in [1.82, 2.24) is 9.78 Å². The van der Waals surface area contributed by atoms with Gasteiger partial charge in [0.05, 0.1) is 16.8 Å². The lowest BCUT2D eigenvalue weighted by molar-refractivity contribution is 0.102. The molecule has 0 radical (unpaired) electrons. The second-order valence-corrected chi connectivity index (χ2v) is 8.29. The average Bonchev–Trinajstić information content (AvgIpc) is 2.81. The molecule has 6 nitrogen and oxygen atoms in total. The Balaban J connectivity index is 1.71. The van der Waals surface area contributed by atoms with Crippen LogP contribution in [0.3, 0.4) is 0 Å². The number of unbranched alkanes of at least 4 members (excludes halogenated alkanes) is 2. The number of carbonyl (C=O) groups excluding carboxylic acids is 1.